The molecule has 4 amide bonds. The predicted molar refractivity (Wildman–Crippen MR) is 149 cm³/mol. The van der Waals surface area contributed by atoms with Crippen LogP contribution in [-0.2, 0) is 16.1 Å². The van der Waals surface area contributed by atoms with Gasteiger partial charge in [0.05, 0.1) is 19.1 Å². The third kappa shape index (κ3) is 5.47. The van der Waals surface area contributed by atoms with E-state index in [1.165, 1.54) is 12.0 Å². The van der Waals surface area contributed by atoms with Crippen molar-refractivity contribution in [2.75, 3.05) is 13.7 Å². The van der Waals surface area contributed by atoms with E-state index in [2.05, 4.69) is 27.5 Å². The molecule has 10 heteroatoms. The Balaban J connectivity index is 1.39. The number of nitrogens with one attached hydrogen (secondary N) is 2. The van der Waals surface area contributed by atoms with Crippen LogP contribution >= 0.6 is 0 Å². The molecule has 1 fully saturated rings. The number of imide groups is 1. The molecular formula is C31H28N4O6. The van der Waals surface area contributed by atoms with Crippen LogP contribution in [0.25, 0.3) is 11.3 Å². The quantitative estimate of drug-likeness (QED) is 0.283. The van der Waals surface area contributed by atoms with Crippen LogP contribution in [0.4, 0.5) is 4.79 Å². The summed E-state index contributed by atoms with van der Waals surface area (Å²) in [5.74, 6) is 5.46. The first-order valence-electron chi connectivity index (χ1n) is 12.9. The van der Waals surface area contributed by atoms with Gasteiger partial charge in [-0.2, -0.15) is 0 Å². The number of rotatable bonds is 5. The van der Waals surface area contributed by atoms with Crippen molar-refractivity contribution in [1.82, 2.24) is 20.5 Å². The van der Waals surface area contributed by atoms with Crippen molar-refractivity contribution < 1.29 is 28.7 Å². The van der Waals surface area contributed by atoms with Crippen molar-refractivity contribution in [2.45, 2.75) is 32.9 Å². The second kappa shape index (κ2) is 10.4. The number of aromatic nitrogens is 1. The lowest BCUT2D eigenvalue weighted by molar-refractivity contribution is -0.143. The third-order valence-electron chi connectivity index (χ3n) is 6.73. The minimum Gasteiger partial charge on any atom is -0.497 e. The molecule has 3 heterocycles. The highest BCUT2D eigenvalue weighted by Crippen LogP contribution is 2.31. The van der Waals surface area contributed by atoms with E-state index in [1.54, 1.807) is 81.6 Å². The fourth-order valence-electron chi connectivity index (χ4n) is 4.44. The van der Waals surface area contributed by atoms with Gasteiger partial charge in [-0.25, -0.2) is 4.79 Å². The van der Waals surface area contributed by atoms with Crippen molar-refractivity contribution in [3.05, 3.63) is 77.5 Å². The van der Waals surface area contributed by atoms with E-state index in [9.17, 15) is 19.2 Å². The maximum atomic E-state index is 13.1. The smallest absolute Gasteiger partial charge is 0.323 e. The normalized spacial score (nSPS) is 17.8. The molecule has 2 aromatic carbocycles. The first kappa shape index (κ1) is 27.4. The number of carbonyl (C=O) groups excluding carboxylic acids is 4. The van der Waals surface area contributed by atoms with E-state index < -0.39 is 22.9 Å². The highest BCUT2D eigenvalue weighted by Gasteiger charge is 2.48. The van der Waals surface area contributed by atoms with Gasteiger partial charge < -0.3 is 19.7 Å². The summed E-state index contributed by atoms with van der Waals surface area (Å²) in [6, 6.07) is 14.9. The highest BCUT2D eigenvalue weighted by atomic mass is 16.5. The average Bonchev–Trinajstić information content (AvgIpc) is 3.41. The zero-order valence-corrected chi connectivity index (χ0v) is 23.0. The van der Waals surface area contributed by atoms with Crippen LogP contribution in [0.15, 0.2) is 60.8 Å². The Kier molecular flexibility index (Phi) is 6.97. The monoisotopic (exact) mass is 552 g/mol. The van der Waals surface area contributed by atoms with Crippen LogP contribution in [0.1, 0.15) is 42.3 Å². The number of urea groups is 1. The third-order valence-corrected chi connectivity index (χ3v) is 6.73. The first-order chi connectivity index (χ1) is 19.5. The molecule has 10 nitrogen and oxygen atoms in total. The van der Waals surface area contributed by atoms with Gasteiger partial charge >= 0.3 is 12.0 Å². The van der Waals surface area contributed by atoms with Gasteiger partial charge in [0.2, 0.25) is 5.54 Å². The average molecular weight is 553 g/mol. The highest BCUT2D eigenvalue weighted by molar-refractivity contribution is 6.10. The zero-order chi connectivity index (χ0) is 29.4. The molecule has 0 saturated carbocycles. The number of ether oxygens (including phenoxy) is 2. The van der Waals surface area contributed by atoms with Crippen LogP contribution in [-0.4, -0.2) is 52.9 Å². The maximum Gasteiger partial charge on any atom is 0.323 e. The summed E-state index contributed by atoms with van der Waals surface area (Å²) in [7, 11) is 1.52. The number of hydrogen-bond acceptors (Lipinski definition) is 7. The number of fused-ring (bicyclic) bond motifs is 1. The molecule has 1 atom stereocenters. The van der Waals surface area contributed by atoms with Gasteiger partial charge in [-0.1, -0.05) is 30.0 Å². The van der Waals surface area contributed by atoms with Gasteiger partial charge in [-0.15, -0.1) is 0 Å². The van der Waals surface area contributed by atoms with Crippen molar-refractivity contribution in [2.24, 2.45) is 5.41 Å². The number of pyridine rings is 1. The fourth-order valence-corrected chi connectivity index (χ4v) is 4.44. The molecule has 1 aromatic heterocycles. The SMILES string of the molecule is COc1ccc2c(c1)C(=O)N(CC1(C#Cc3ccc(-c4ncccc4OC(=O)C(C)(C)C)cc3)NC(=O)NC1=O)C2. The van der Waals surface area contributed by atoms with E-state index in [1.807, 2.05) is 0 Å². The molecule has 41 heavy (non-hydrogen) atoms. The van der Waals surface area contributed by atoms with E-state index >= 15 is 0 Å². The van der Waals surface area contributed by atoms with E-state index in [4.69, 9.17) is 9.47 Å². The number of carbonyl (C=O) groups is 4. The Bertz CT molecular complexity index is 1630. The second-order valence-corrected chi connectivity index (χ2v) is 10.8. The molecule has 5 rings (SSSR count). The van der Waals surface area contributed by atoms with Gasteiger partial charge in [0.1, 0.15) is 11.4 Å². The summed E-state index contributed by atoms with van der Waals surface area (Å²) >= 11 is 0. The lowest BCUT2D eigenvalue weighted by atomic mass is 9.97. The Morgan fingerprint density at radius 1 is 1.10 bits per heavy atom. The standard InChI is InChI=1S/C31H28N4O6/c1-30(2,3)28(38)41-24-6-5-15-32-25(24)20-9-7-19(8-10-20)13-14-31(27(37)33-29(39)34-31)18-35-17-21-11-12-22(40-4)16-23(21)26(35)36/h5-12,15-16H,17-18H2,1-4H3,(H2,33,34,37,39). The minimum absolute atomic E-state index is 0.137. The molecule has 1 saturated heterocycles. The largest absolute Gasteiger partial charge is 0.497 e. The topological polar surface area (TPSA) is 127 Å². The summed E-state index contributed by atoms with van der Waals surface area (Å²) in [5, 5.41) is 4.84. The van der Waals surface area contributed by atoms with Gasteiger partial charge in [0.25, 0.3) is 11.8 Å². The lowest BCUT2D eigenvalue weighted by Crippen LogP contribution is -2.54. The summed E-state index contributed by atoms with van der Waals surface area (Å²) < 4.78 is 10.8. The number of esters is 1. The lowest BCUT2D eigenvalue weighted by Gasteiger charge is -2.26. The summed E-state index contributed by atoms with van der Waals surface area (Å²) in [6.07, 6.45) is 1.61. The first-order valence-corrected chi connectivity index (χ1v) is 12.9. The summed E-state index contributed by atoms with van der Waals surface area (Å²) in [5.41, 5.74) is 0.716. The second-order valence-electron chi connectivity index (χ2n) is 10.8. The van der Waals surface area contributed by atoms with Crippen LogP contribution in [0, 0.1) is 17.3 Å². The number of methoxy groups -OCH3 is 1. The number of benzene rings is 2. The van der Waals surface area contributed by atoms with Crippen molar-refractivity contribution in [1.29, 1.82) is 0 Å². The van der Waals surface area contributed by atoms with E-state index in [-0.39, 0.29) is 25.0 Å². The molecule has 2 aliphatic rings. The fraction of sp³-hybridized carbons (Fsp3) is 0.258. The minimum atomic E-state index is -1.63. The number of nitrogens with zero attached hydrogens (tertiary/aromatic N) is 2. The van der Waals surface area contributed by atoms with Crippen LogP contribution in [0.2, 0.25) is 0 Å². The van der Waals surface area contributed by atoms with Crippen molar-refractivity contribution >= 4 is 23.8 Å². The predicted octanol–water partition coefficient (Wildman–Crippen LogP) is 3.29. The zero-order valence-electron chi connectivity index (χ0n) is 23.0. The molecule has 2 N–H and O–H groups in total. The molecule has 0 radical (unpaired) electrons. The molecule has 1 unspecified atom stereocenters. The van der Waals surface area contributed by atoms with Gasteiger partial charge in [0.15, 0.2) is 5.75 Å². The number of amides is 4. The van der Waals surface area contributed by atoms with Crippen LogP contribution < -0.4 is 20.1 Å². The molecule has 208 valence electrons. The molecule has 2 aliphatic heterocycles. The van der Waals surface area contributed by atoms with Crippen molar-refractivity contribution in [3.63, 3.8) is 0 Å². The molecule has 0 aliphatic carbocycles. The molecular weight excluding hydrogens is 524 g/mol. The Hall–Kier alpha value is -5.17. The van der Waals surface area contributed by atoms with Gasteiger partial charge in [-0.3, -0.25) is 24.7 Å². The maximum absolute atomic E-state index is 13.1. The van der Waals surface area contributed by atoms with Crippen molar-refractivity contribution in [3.8, 4) is 34.6 Å². The van der Waals surface area contributed by atoms with Gasteiger partial charge in [0, 0.05) is 29.4 Å². The molecule has 0 spiro atoms. The Morgan fingerprint density at radius 3 is 2.51 bits per heavy atom. The summed E-state index contributed by atoms with van der Waals surface area (Å²) in [4.78, 5) is 56.5. The molecule has 3 aromatic rings. The Labute approximate surface area is 237 Å². The van der Waals surface area contributed by atoms with Crippen LogP contribution in [0.5, 0.6) is 11.5 Å². The Morgan fingerprint density at radius 2 is 1.85 bits per heavy atom. The van der Waals surface area contributed by atoms with E-state index in [0.29, 0.717) is 33.9 Å². The van der Waals surface area contributed by atoms with E-state index in [0.717, 1.165) is 5.56 Å². The summed E-state index contributed by atoms with van der Waals surface area (Å²) in [6.45, 7) is 5.45. The molecule has 0 bridgehead atoms. The number of hydrogen-bond donors (Lipinski definition) is 2. The van der Waals surface area contributed by atoms with Crippen LogP contribution in [0.3, 0.4) is 0 Å². The van der Waals surface area contributed by atoms with Gasteiger partial charge in [-0.05, 0) is 62.7 Å².